The summed E-state index contributed by atoms with van der Waals surface area (Å²) in [5, 5.41) is 11.1. The molecule has 0 aliphatic carbocycles. The Labute approximate surface area is 147 Å². The molecule has 1 heterocycles. The minimum absolute atomic E-state index is 0.0972. The first-order valence-corrected chi connectivity index (χ1v) is 7.93. The molecule has 26 heavy (non-hydrogen) atoms. The Bertz CT molecular complexity index is 918. The number of rotatable bonds is 3. The van der Waals surface area contributed by atoms with Crippen LogP contribution in [0.5, 0.6) is 0 Å². The molecule has 3 aromatic rings. The van der Waals surface area contributed by atoms with Gasteiger partial charge in [0.05, 0.1) is 11.5 Å². The first-order valence-electron chi connectivity index (χ1n) is 7.93. The van der Waals surface area contributed by atoms with Crippen molar-refractivity contribution in [1.82, 2.24) is 0 Å². The maximum absolute atomic E-state index is 9.75. The molecule has 0 saturated carbocycles. The minimum Gasteiger partial charge on any atom is -0.456 e. The summed E-state index contributed by atoms with van der Waals surface area (Å²) in [6.45, 7) is 2.67. The topological polar surface area (TPSA) is 47.3 Å². The minimum atomic E-state index is -6.00. The zero-order valence-corrected chi connectivity index (χ0v) is 14.1. The van der Waals surface area contributed by atoms with Crippen molar-refractivity contribution in [1.29, 1.82) is 0 Å². The van der Waals surface area contributed by atoms with Gasteiger partial charge in [0.2, 0.25) is 5.36 Å². The van der Waals surface area contributed by atoms with E-state index in [1.807, 2.05) is 48.5 Å². The van der Waals surface area contributed by atoms with Gasteiger partial charge in [0.25, 0.3) is 0 Å². The van der Waals surface area contributed by atoms with Crippen LogP contribution in [0.4, 0.5) is 17.3 Å². The molecule has 0 atom stereocenters. The third-order valence-corrected chi connectivity index (χ3v) is 3.41. The van der Waals surface area contributed by atoms with Gasteiger partial charge in [-0.3, -0.25) is 0 Å². The van der Waals surface area contributed by atoms with Gasteiger partial charge < -0.3 is 26.8 Å². The number of aliphatic hydroxyl groups excluding tert-OH is 1. The standard InChI is InChI=1S/C18H17NO2.BF4/c1-13-7-8-17-15(11-13)16(19-9-10-20)12-18(21-17)14-5-3-2-4-6-14;2-1(3,4)5/h2-8,11-12,20H,9-10H2,1H3;/q;-1/p+1. The monoisotopic (exact) mass is 367 g/mol. The van der Waals surface area contributed by atoms with Crippen molar-refractivity contribution in [2.75, 3.05) is 13.2 Å². The molecule has 0 radical (unpaired) electrons. The van der Waals surface area contributed by atoms with Crippen LogP contribution in [0.2, 0.25) is 0 Å². The summed E-state index contributed by atoms with van der Waals surface area (Å²) in [6.07, 6.45) is 0. The molecular weight excluding hydrogens is 349 g/mol. The van der Waals surface area contributed by atoms with Crippen LogP contribution in [0.25, 0.3) is 22.3 Å². The Morgan fingerprint density at radius 1 is 1.00 bits per heavy atom. The summed E-state index contributed by atoms with van der Waals surface area (Å²) in [4.78, 5) is 3.26. The average Bonchev–Trinajstić information content (AvgIpc) is 2.59. The van der Waals surface area contributed by atoms with Gasteiger partial charge in [-0.05, 0) is 19.1 Å². The number of hydrogen-bond donors (Lipinski definition) is 2. The molecule has 0 aliphatic heterocycles. The molecule has 0 unspecified atom stereocenters. The van der Waals surface area contributed by atoms with E-state index in [1.165, 1.54) is 5.56 Å². The first kappa shape index (κ1) is 19.7. The van der Waals surface area contributed by atoms with Gasteiger partial charge in [-0.15, -0.1) is 0 Å². The van der Waals surface area contributed by atoms with E-state index in [4.69, 9.17) is 9.52 Å². The normalized spacial score (nSPS) is 12.0. The molecule has 2 N–H and O–H groups in total. The summed E-state index contributed by atoms with van der Waals surface area (Å²) in [7, 11) is -6.00. The summed E-state index contributed by atoms with van der Waals surface area (Å²) in [5.74, 6) is 0.812. The van der Waals surface area contributed by atoms with Crippen LogP contribution < -0.4 is 10.3 Å². The quantitative estimate of drug-likeness (QED) is 0.553. The fourth-order valence-electron chi connectivity index (χ4n) is 2.38. The molecule has 0 bridgehead atoms. The second-order valence-electron chi connectivity index (χ2n) is 5.54. The number of aliphatic hydroxyl groups is 1. The van der Waals surface area contributed by atoms with Crippen molar-refractivity contribution >= 4 is 18.2 Å². The highest BCUT2D eigenvalue weighted by Gasteiger charge is 2.20. The van der Waals surface area contributed by atoms with Crippen LogP contribution >= 0.6 is 0 Å². The molecule has 8 heteroatoms. The highest BCUT2D eigenvalue weighted by atomic mass is 19.5. The maximum Gasteiger partial charge on any atom is 0.673 e. The molecule has 0 amide bonds. The molecule has 0 spiro atoms. The lowest BCUT2D eigenvalue weighted by molar-refractivity contribution is -0.501. The average molecular weight is 367 g/mol. The van der Waals surface area contributed by atoms with Crippen molar-refractivity contribution in [3.63, 3.8) is 0 Å². The Morgan fingerprint density at radius 3 is 2.27 bits per heavy atom. The summed E-state index contributed by atoms with van der Waals surface area (Å²) in [5.41, 5.74) is 3.05. The predicted octanol–water partition coefficient (Wildman–Crippen LogP) is 2.68. The molecular formula is C18H18BF4NO2. The van der Waals surface area contributed by atoms with Crippen molar-refractivity contribution in [3.8, 4) is 11.3 Å². The molecule has 0 aliphatic rings. The van der Waals surface area contributed by atoms with E-state index in [0.717, 1.165) is 27.7 Å². The Hall–Kier alpha value is -2.61. The van der Waals surface area contributed by atoms with E-state index in [9.17, 15) is 17.3 Å². The molecule has 0 fully saturated rings. The van der Waals surface area contributed by atoms with E-state index < -0.39 is 7.25 Å². The number of hydrogen-bond acceptors (Lipinski definition) is 2. The van der Waals surface area contributed by atoms with Crippen LogP contribution in [0.1, 0.15) is 5.56 Å². The molecule has 3 rings (SSSR count). The second kappa shape index (κ2) is 8.67. The lowest BCUT2D eigenvalue weighted by Crippen LogP contribution is -2.77. The fraction of sp³-hybridized carbons (Fsp3) is 0.167. The van der Waals surface area contributed by atoms with Gasteiger partial charge in [0.1, 0.15) is 18.0 Å². The van der Waals surface area contributed by atoms with Gasteiger partial charge >= 0.3 is 7.25 Å². The second-order valence-corrected chi connectivity index (χ2v) is 5.54. The van der Waals surface area contributed by atoms with Gasteiger partial charge in [0.15, 0.2) is 6.54 Å². The van der Waals surface area contributed by atoms with E-state index in [0.29, 0.717) is 6.54 Å². The van der Waals surface area contributed by atoms with Gasteiger partial charge in [-0.25, -0.2) is 4.99 Å². The van der Waals surface area contributed by atoms with E-state index >= 15 is 0 Å². The third-order valence-electron chi connectivity index (χ3n) is 3.41. The first-order chi connectivity index (χ1) is 12.3. The number of aryl methyl sites for hydroxylation is 1. The number of nitrogens with one attached hydrogen (secondary N) is 1. The van der Waals surface area contributed by atoms with Crippen molar-refractivity contribution in [3.05, 3.63) is 65.5 Å². The highest BCUT2D eigenvalue weighted by molar-refractivity contribution is 6.50. The third kappa shape index (κ3) is 6.04. The molecule has 2 aromatic carbocycles. The van der Waals surface area contributed by atoms with Crippen molar-refractivity contribution in [2.24, 2.45) is 0 Å². The van der Waals surface area contributed by atoms with Gasteiger partial charge in [0, 0.05) is 5.56 Å². The molecule has 3 nitrogen and oxygen atoms in total. The summed E-state index contributed by atoms with van der Waals surface area (Å²) in [6, 6.07) is 18.1. The Kier molecular flexibility index (Phi) is 6.57. The maximum atomic E-state index is 9.75. The highest BCUT2D eigenvalue weighted by Crippen LogP contribution is 2.21. The molecule has 138 valence electrons. The van der Waals surface area contributed by atoms with Crippen LogP contribution in [-0.2, 0) is 0 Å². The summed E-state index contributed by atoms with van der Waals surface area (Å²) >= 11 is 0. The number of benzene rings is 2. The lowest BCUT2D eigenvalue weighted by atomic mass is 10.1. The lowest BCUT2D eigenvalue weighted by Gasteiger charge is -2.03. The van der Waals surface area contributed by atoms with Gasteiger partial charge in [-0.1, -0.05) is 42.0 Å². The Balaban J connectivity index is 0.000000431. The van der Waals surface area contributed by atoms with Crippen LogP contribution in [-0.4, -0.2) is 25.5 Å². The van der Waals surface area contributed by atoms with Crippen LogP contribution in [0.3, 0.4) is 0 Å². The van der Waals surface area contributed by atoms with E-state index in [1.54, 1.807) is 0 Å². The van der Waals surface area contributed by atoms with E-state index in [-0.39, 0.29) is 6.61 Å². The number of halogens is 4. The van der Waals surface area contributed by atoms with Crippen LogP contribution in [0, 0.1) is 6.92 Å². The zero-order valence-electron chi connectivity index (χ0n) is 14.1. The van der Waals surface area contributed by atoms with Gasteiger partial charge in [-0.2, -0.15) is 0 Å². The zero-order chi connectivity index (χ0) is 19.2. The SMILES string of the molecule is Cc1ccc2oc(-c3ccccc3)cc(=[NH+]CCO)c2c1.F[B-](F)(F)F. The van der Waals surface area contributed by atoms with Crippen molar-refractivity contribution in [2.45, 2.75) is 6.92 Å². The predicted molar refractivity (Wildman–Crippen MR) is 92.6 cm³/mol. The van der Waals surface area contributed by atoms with Crippen molar-refractivity contribution < 1.29 is 31.8 Å². The largest absolute Gasteiger partial charge is 0.673 e. The van der Waals surface area contributed by atoms with Crippen LogP contribution in [0.15, 0.2) is 59.0 Å². The van der Waals surface area contributed by atoms with E-state index in [2.05, 4.69) is 18.0 Å². The molecule has 1 aromatic heterocycles. The molecule has 0 saturated heterocycles. The smallest absolute Gasteiger partial charge is 0.456 e. The fourth-order valence-corrected chi connectivity index (χ4v) is 2.38. The summed E-state index contributed by atoms with van der Waals surface area (Å²) < 4.78 is 45.0. The number of fused-ring (bicyclic) bond motifs is 1. The Morgan fingerprint density at radius 2 is 1.65 bits per heavy atom.